The first-order valence-corrected chi connectivity index (χ1v) is 5.16. The summed E-state index contributed by atoms with van der Waals surface area (Å²) in [4.78, 5) is 32.8. The van der Waals surface area contributed by atoms with E-state index in [9.17, 15) is 14.4 Å². The number of methoxy groups -OCH3 is 1. The molecule has 0 saturated carbocycles. The summed E-state index contributed by atoms with van der Waals surface area (Å²) in [7, 11) is 1.52. The number of carboxylic acids is 1. The Morgan fingerprint density at radius 3 is 2.35 bits per heavy atom. The minimum atomic E-state index is -1.28. The van der Waals surface area contributed by atoms with Crippen LogP contribution < -0.4 is 11.1 Å². The van der Waals surface area contributed by atoms with Crippen molar-refractivity contribution in [3.05, 3.63) is 0 Å². The summed E-state index contributed by atoms with van der Waals surface area (Å²) < 4.78 is 4.85. The van der Waals surface area contributed by atoms with Crippen LogP contribution in [0.3, 0.4) is 0 Å². The van der Waals surface area contributed by atoms with Gasteiger partial charge in [-0.05, 0) is 5.92 Å². The highest BCUT2D eigenvalue weighted by Crippen LogP contribution is 2.02. The molecule has 0 bridgehead atoms. The molecule has 2 amide bonds. The summed E-state index contributed by atoms with van der Waals surface area (Å²) in [5, 5.41) is 11.0. The molecule has 98 valence electrons. The van der Waals surface area contributed by atoms with Crippen molar-refractivity contribution in [1.82, 2.24) is 5.32 Å². The predicted octanol–water partition coefficient (Wildman–Crippen LogP) is -0.896. The zero-order valence-corrected chi connectivity index (χ0v) is 9.93. The molecule has 0 aromatic heterocycles. The Kier molecular flexibility index (Phi) is 6.88. The van der Waals surface area contributed by atoms with Crippen LogP contribution >= 0.6 is 0 Å². The van der Waals surface area contributed by atoms with E-state index in [2.05, 4.69) is 5.32 Å². The lowest BCUT2D eigenvalue weighted by Crippen LogP contribution is -2.43. The van der Waals surface area contributed by atoms with E-state index in [4.69, 9.17) is 15.6 Å². The second kappa shape index (κ2) is 7.61. The molecule has 7 heteroatoms. The molecule has 0 aromatic carbocycles. The van der Waals surface area contributed by atoms with E-state index in [0.29, 0.717) is 6.61 Å². The third kappa shape index (κ3) is 7.29. The number of ether oxygens (including phenoxy) is 1. The Bertz CT molecular complexity index is 292. The average molecular weight is 246 g/mol. The van der Waals surface area contributed by atoms with Gasteiger partial charge in [0.2, 0.25) is 11.8 Å². The molecule has 0 radical (unpaired) electrons. The number of hydrogen-bond donors (Lipinski definition) is 3. The lowest BCUT2D eigenvalue weighted by atomic mass is 10.1. The standard InChI is InChI=1S/C10H18N2O5/c1-6(5-17-2)3-9(14)12-7(10(15)16)4-8(11)13/h6-7H,3-5H2,1-2H3,(H2,11,13)(H,12,14)(H,15,16)/t6?,7-/m1/s1. The number of aliphatic carboxylic acids is 1. The molecular formula is C10H18N2O5. The van der Waals surface area contributed by atoms with Crippen molar-refractivity contribution in [2.24, 2.45) is 11.7 Å². The van der Waals surface area contributed by atoms with Crippen LogP contribution in [0, 0.1) is 5.92 Å². The second-order valence-corrected chi connectivity index (χ2v) is 3.89. The SMILES string of the molecule is COCC(C)CC(=O)N[C@H](CC(N)=O)C(=O)O. The van der Waals surface area contributed by atoms with Gasteiger partial charge < -0.3 is 20.9 Å². The van der Waals surface area contributed by atoms with Gasteiger partial charge in [-0.15, -0.1) is 0 Å². The zero-order chi connectivity index (χ0) is 13.4. The van der Waals surface area contributed by atoms with Crippen molar-refractivity contribution >= 4 is 17.8 Å². The van der Waals surface area contributed by atoms with Gasteiger partial charge >= 0.3 is 5.97 Å². The summed E-state index contributed by atoms with van der Waals surface area (Å²) in [5.41, 5.74) is 4.88. The lowest BCUT2D eigenvalue weighted by molar-refractivity contribution is -0.143. The predicted molar refractivity (Wildman–Crippen MR) is 59.0 cm³/mol. The van der Waals surface area contributed by atoms with Gasteiger partial charge in [0.05, 0.1) is 6.42 Å². The monoisotopic (exact) mass is 246 g/mol. The maximum Gasteiger partial charge on any atom is 0.326 e. The highest BCUT2D eigenvalue weighted by atomic mass is 16.5. The largest absolute Gasteiger partial charge is 0.480 e. The normalized spacial score (nSPS) is 13.8. The maximum absolute atomic E-state index is 11.4. The molecule has 0 fully saturated rings. The number of rotatable bonds is 8. The quantitative estimate of drug-likeness (QED) is 0.513. The first kappa shape index (κ1) is 15.4. The minimum absolute atomic E-state index is 0.0250. The Hall–Kier alpha value is -1.63. The Morgan fingerprint density at radius 2 is 1.94 bits per heavy atom. The summed E-state index contributed by atoms with van der Waals surface area (Å²) in [6.45, 7) is 2.20. The number of nitrogens with two attached hydrogens (primary N) is 1. The fourth-order valence-corrected chi connectivity index (χ4v) is 1.31. The van der Waals surface area contributed by atoms with E-state index in [1.54, 1.807) is 6.92 Å². The second-order valence-electron chi connectivity index (χ2n) is 3.89. The highest BCUT2D eigenvalue weighted by Gasteiger charge is 2.22. The number of primary amides is 1. The third-order valence-electron chi connectivity index (χ3n) is 2.02. The van der Waals surface area contributed by atoms with Crippen molar-refractivity contribution < 1.29 is 24.2 Å². The van der Waals surface area contributed by atoms with Gasteiger partial charge in [-0.25, -0.2) is 4.79 Å². The lowest BCUT2D eigenvalue weighted by Gasteiger charge is -2.15. The molecule has 0 aliphatic rings. The van der Waals surface area contributed by atoms with Gasteiger partial charge in [-0.1, -0.05) is 6.92 Å². The van der Waals surface area contributed by atoms with Gasteiger partial charge in [0, 0.05) is 20.1 Å². The first-order chi connectivity index (χ1) is 7.86. The van der Waals surface area contributed by atoms with Crippen molar-refractivity contribution in [2.75, 3.05) is 13.7 Å². The summed E-state index contributed by atoms with van der Waals surface area (Å²) >= 11 is 0. The van der Waals surface area contributed by atoms with Gasteiger partial charge in [-0.3, -0.25) is 9.59 Å². The molecule has 0 rings (SSSR count). The van der Waals surface area contributed by atoms with Gasteiger partial charge in [0.25, 0.3) is 0 Å². The molecule has 0 saturated heterocycles. The molecular weight excluding hydrogens is 228 g/mol. The van der Waals surface area contributed by atoms with Crippen LogP contribution in [0.5, 0.6) is 0 Å². The van der Waals surface area contributed by atoms with Crippen molar-refractivity contribution in [3.8, 4) is 0 Å². The molecule has 2 atom stereocenters. The number of carbonyl (C=O) groups excluding carboxylic acids is 2. The van der Waals surface area contributed by atoms with E-state index in [1.165, 1.54) is 7.11 Å². The summed E-state index contributed by atoms with van der Waals surface area (Å²) in [6, 6.07) is -1.27. The molecule has 0 heterocycles. The fraction of sp³-hybridized carbons (Fsp3) is 0.700. The zero-order valence-electron chi connectivity index (χ0n) is 9.93. The molecule has 1 unspecified atom stereocenters. The average Bonchev–Trinajstić information content (AvgIpc) is 2.15. The first-order valence-electron chi connectivity index (χ1n) is 5.16. The Morgan fingerprint density at radius 1 is 1.35 bits per heavy atom. The number of hydrogen-bond acceptors (Lipinski definition) is 4. The fourth-order valence-electron chi connectivity index (χ4n) is 1.31. The molecule has 0 aromatic rings. The van der Waals surface area contributed by atoms with E-state index in [0.717, 1.165) is 0 Å². The molecule has 4 N–H and O–H groups in total. The third-order valence-corrected chi connectivity index (χ3v) is 2.02. The molecule has 0 spiro atoms. The maximum atomic E-state index is 11.4. The van der Waals surface area contributed by atoms with Crippen molar-refractivity contribution in [1.29, 1.82) is 0 Å². The van der Waals surface area contributed by atoms with Crippen LogP contribution in [0.1, 0.15) is 19.8 Å². The van der Waals surface area contributed by atoms with Gasteiger partial charge in [0.1, 0.15) is 6.04 Å². The highest BCUT2D eigenvalue weighted by molar-refractivity contribution is 5.88. The molecule has 0 aliphatic carbocycles. The number of carboxylic acid groups (broad SMARTS) is 1. The molecule has 0 aliphatic heterocycles. The minimum Gasteiger partial charge on any atom is -0.480 e. The Balaban J connectivity index is 4.21. The van der Waals surface area contributed by atoms with Crippen LogP contribution in [-0.4, -0.2) is 42.6 Å². The van der Waals surface area contributed by atoms with Crippen molar-refractivity contribution in [2.45, 2.75) is 25.8 Å². The van der Waals surface area contributed by atoms with E-state index >= 15 is 0 Å². The van der Waals surface area contributed by atoms with Crippen LogP contribution in [0.25, 0.3) is 0 Å². The van der Waals surface area contributed by atoms with Crippen LogP contribution in [0.4, 0.5) is 0 Å². The van der Waals surface area contributed by atoms with Crippen LogP contribution in [-0.2, 0) is 19.1 Å². The van der Waals surface area contributed by atoms with E-state index in [1.807, 2.05) is 0 Å². The van der Waals surface area contributed by atoms with Gasteiger partial charge in [-0.2, -0.15) is 0 Å². The number of carbonyl (C=O) groups is 3. The summed E-state index contributed by atoms with van der Waals surface area (Å²) in [5.74, 6) is -2.52. The molecule has 7 nitrogen and oxygen atoms in total. The smallest absolute Gasteiger partial charge is 0.326 e. The summed E-state index contributed by atoms with van der Waals surface area (Å²) in [6.07, 6.45) is -0.282. The van der Waals surface area contributed by atoms with Gasteiger partial charge in [0.15, 0.2) is 0 Å². The van der Waals surface area contributed by atoms with Crippen LogP contribution in [0.2, 0.25) is 0 Å². The molecule has 17 heavy (non-hydrogen) atoms. The van der Waals surface area contributed by atoms with E-state index in [-0.39, 0.29) is 12.3 Å². The van der Waals surface area contributed by atoms with E-state index < -0.39 is 30.2 Å². The number of nitrogens with one attached hydrogen (secondary N) is 1. The van der Waals surface area contributed by atoms with Crippen LogP contribution in [0.15, 0.2) is 0 Å². The topological polar surface area (TPSA) is 119 Å². The Labute approximate surface area is 99.3 Å². The van der Waals surface area contributed by atoms with Crippen molar-refractivity contribution in [3.63, 3.8) is 0 Å². The number of amides is 2.